The summed E-state index contributed by atoms with van der Waals surface area (Å²) >= 11 is 0. The summed E-state index contributed by atoms with van der Waals surface area (Å²) in [6.07, 6.45) is 5.65. The number of rotatable bonds is 7. The molecule has 2 fully saturated rings. The maximum atomic E-state index is 13.7. The Morgan fingerprint density at radius 1 is 1.00 bits per heavy atom. The highest BCUT2D eigenvalue weighted by atomic mass is 32.2. The van der Waals surface area contributed by atoms with Crippen molar-refractivity contribution in [3.63, 3.8) is 0 Å². The number of nitrogens with zero attached hydrogens (tertiary/aromatic N) is 6. The zero-order chi connectivity index (χ0) is 27.7. The minimum absolute atomic E-state index is 0.0422. The number of anilines is 3. The van der Waals surface area contributed by atoms with Crippen LogP contribution in [0.4, 0.5) is 22.0 Å². The van der Waals surface area contributed by atoms with Crippen LogP contribution in [0.2, 0.25) is 0 Å². The average Bonchev–Trinajstić information content (AvgIpc) is 3.71. The number of amides is 2. The Bertz CT molecular complexity index is 1630. The molecule has 40 heavy (non-hydrogen) atoms. The number of nitrogens with one attached hydrogen (secondary N) is 2. The van der Waals surface area contributed by atoms with Gasteiger partial charge in [0.2, 0.25) is 9.84 Å². The lowest BCUT2D eigenvalue weighted by Crippen LogP contribution is -2.37. The number of aromatic nitrogens is 5. The fourth-order valence-corrected chi connectivity index (χ4v) is 6.59. The summed E-state index contributed by atoms with van der Waals surface area (Å²) in [5.41, 5.74) is 2.31. The lowest BCUT2D eigenvalue weighted by atomic mass is 10.1. The van der Waals surface area contributed by atoms with E-state index in [1.807, 2.05) is 0 Å². The lowest BCUT2D eigenvalue weighted by molar-refractivity contribution is 0.122. The van der Waals surface area contributed by atoms with Crippen LogP contribution in [-0.4, -0.2) is 65.5 Å². The van der Waals surface area contributed by atoms with Crippen molar-refractivity contribution >= 4 is 33.1 Å². The number of sulfone groups is 1. The van der Waals surface area contributed by atoms with E-state index in [0.717, 1.165) is 0 Å². The van der Waals surface area contributed by atoms with Crippen LogP contribution >= 0.6 is 0 Å². The van der Waals surface area contributed by atoms with Crippen LogP contribution in [0.1, 0.15) is 18.5 Å². The summed E-state index contributed by atoms with van der Waals surface area (Å²) in [6.45, 7) is 2.41. The van der Waals surface area contributed by atoms with Crippen LogP contribution in [0.5, 0.6) is 0 Å². The fraction of sp³-hybridized carbons (Fsp3) is 0.296. The minimum Gasteiger partial charge on any atom is -0.378 e. The molecule has 4 heterocycles. The number of urea groups is 1. The van der Waals surface area contributed by atoms with Crippen molar-refractivity contribution in [3.05, 3.63) is 72.8 Å². The van der Waals surface area contributed by atoms with Gasteiger partial charge in [0, 0.05) is 49.8 Å². The van der Waals surface area contributed by atoms with E-state index < -0.39 is 20.6 Å². The Hall–Kier alpha value is -4.36. The summed E-state index contributed by atoms with van der Waals surface area (Å²) in [5, 5.41) is 9.59. The van der Waals surface area contributed by atoms with Crippen molar-refractivity contribution in [3.8, 4) is 11.4 Å². The van der Waals surface area contributed by atoms with Gasteiger partial charge in [-0.25, -0.2) is 28.2 Å². The Kier molecular flexibility index (Phi) is 6.68. The maximum Gasteiger partial charge on any atom is 0.323 e. The molecule has 2 amide bonds. The first kappa shape index (κ1) is 25.9. The highest BCUT2D eigenvalue weighted by molar-refractivity contribution is 7.92. The van der Waals surface area contributed by atoms with E-state index in [0.29, 0.717) is 73.4 Å². The smallest absolute Gasteiger partial charge is 0.323 e. The van der Waals surface area contributed by atoms with E-state index >= 15 is 0 Å². The topological polar surface area (TPSA) is 144 Å². The Morgan fingerprint density at radius 2 is 1.75 bits per heavy atom. The van der Waals surface area contributed by atoms with Crippen LogP contribution < -0.4 is 15.5 Å². The predicted molar refractivity (Wildman–Crippen MR) is 149 cm³/mol. The van der Waals surface area contributed by atoms with Gasteiger partial charge in [-0.2, -0.15) is 5.10 Å². The number of morpholine rings is 1. The third-order valence-corrected chi connectivity index (χ3v) is 9.45. The van der Waals surface area contributed by atoms with Crippen molar-refractivity contribution in [1.29, 1.82) is 0 Å². The van der Waals surface area contributed by atoms with E-state index in [1.54, 1.807) is 66.6 Å². The van der Waals surface area contributed by atoms with E-state index in [-0.39, 0.29) is 5.03 Å². The molecule has 6 rings (SSSR count). The van der Waals surface area contributed by atoms with Gasteiger partial charge < -0.3 is 20.3 Å². The number of hydrogen-bond acceptors (Lipinski definition) is 9. The fourth-order valence-electron chi connectivity index (χ4n) is 4.72. The Morgan fingerprint density at radius 3 is 2.40 bits per heavy atom. The van der Waals surface area contributed by atoms with Gasteiger partial charge in [-0.05, 0) is 49.2 Å². The summed E-state index contributed by atoms with van der Waals surface area (Å²) in [4.78, 5) is 28.2. The normalized spacial score (nSPS) is 16.4. The molecule has 4 aromatic rings. The van der Waals surface area contributed by atoms with Gasteiger partial charge >= 0.3 is 6.03 Å². The molecule has 3 aromatic heterocycles. The first-order valence-electron chi connectivity index (χ1n) is 12.9. The monoisotopic (exact) mass is 560 g/mol. The predicted octanol–water partition coefficient (Wildman–Crippen LogP) is 3.22. The van der Waals surface area contributed by atoms with Crippen LogP contribution in [0, 0.1) is 0 Å². The zero-order valence-electron chi connectivity index (χ0n) is 21.8. The number of hydrogen-bond donors (Lipinski definition) is 2. The summed E-state index contributed by atoms with van der Waals surface area (Å²) in [6, 6.07) is 13.4. The van der Waals surface area contributed by atoms with Gasteiger partial charge in [-0.3, -0.25) is 4.68 Å². The molecule has 13 heteroatoms. The molecule has 1 aromatic carbocycles. The van der Waals surface area contributed by atoms with Gasteiger partial charge in [0.15, 0.2) is 10.9 Å². The number of benzene rings is 1. The number of carbonyl (C=O) groups is 1. The molecule has 1 aliphatic carbocycles. The SMILES string of the molecule is Cn1cc(NC(=O)Nc2ccc(-c3nc(N4CCOCC4)cc(C4(S(=O)(=O)c5ccccn5)CC4)n3)cc2)cn1. The number of carbonyl (C=O) groups excluding carboxylic acids is 1. The Labute approximate surface area is 231 Å². The van der Waals surface area contributed by atoms with Gasteiger partial charge in [0.25, 0.3) is 0 Å². The number of ether oxygens (including phenoxy) is 1. The van der Waals surface area contributed by atoms with Crippen LogP contribution in [0.3, 0.4) is 0 Å². The van der Waals surface area contributed by atoms with Gasteiger partial charge in [-0.1, -0.05) is 6.07 Å². The summed E-state index contributed by atoms with van der Waals surface area (Å²) in [7, 11) is -2.01. The second kappa shape index (κ2) is 10.3. The maximum absolute atomic E-state index is 13.7. The molecule has 0 radical (unpaired) electrons. The van der Waals surface area contributed by atoms with Gasteiger partial charge in [-0.15, -0.1) is 0 Å². The Balaban J connectivity index is 1.31. The lowest BCUT2D eigenvalue weighted by Gasteiger charge is -2.29. The largest absolute Gasteiger partial charge is 0.378 e. The molecule has 0 atom stereocenters. The number of pyridine rings is 1. The van der Waals surface area contributed by atoms with Crippen molar-refractivity contribution in [2.24, 2.45) is 7.05 Å². The molecule has 0 bridgehead atoms. The second-order valence-electron chi connectivity index (χ2n) is 9.76. The third-order valence-electron chi connectivity index (χ3n) is 7.01. The van der Waals surface area contributed by atoms with Gasteiger partial charge in [0.1, 0.15) is 10.6 Å². The standard InChI is InChI=1S/C27H28N8O4S/c1-34-18-21(17-29-34)31-26(36)30-20-7-5-19(6-8-20)25-32-22(16-23(33-25)35-12-14-39-15-13-35)27(9-10-27)40(37,38)24-4-2-3-11-28-24/h2-8,11,16-18H,9-10,12-15H2,1H3,(H2,30,31,36). The average molecular weight is 561 g/mol. The molecule has 2 N–H and O–H groups in total. The molecular formula is C27H28N8O4S. The molecule has 1 saturated heterocycles. The summed E-state index contributed by atoms with van der Waals surface area (Å²) in [5.74, 6) is 1.07. The van der Waals surface area contributed by atoms with Crippen LogP contribution in [-0.2, 0) is 26.4 Å². The molecule has 0 unspecified atom stereocenters. The highest BCUT2D eigenvalue weighted by Crippen LogP contribution is 2.54. The van der Waals surface area contributed by atoms with E-state index in [4.69, 9.17) is 14.7 Å². The molecule has 0 spiro atoms. The van der Waals surface area contributed by atoms with Crippen molar-refractivity contribution in [1.82, 2.24) is 24.7 Å². The van der Waals surface area contributed by atoms with Crippen LogP contribution in [0.25, 0.3) is 11.4 Å². The van der Waals surface area contributed by atoms with Gasteiger partial charge in [0.05, 0.1) is 30.8 Å². The molecule has 12 nitrogen and oxygen atoms in total. The molecule has 1 saturated carbocycles. The molecule has 1 aliphatic heterocycles. The third kappa shape index (κ3) is 5.00. The highest BCUT2D eigenvalue weighted by Gasteiger charge is 2.58. The first-order chi connectivity index (χ1) is 19.3. The summed E-state index contributed by atoms with van der Waals surface area (Å²) < 4.78 is 33.4. The first-order valence-corrected chi connectivity index (χ1v) is 14.4. The number of aryl methyl sites for hydroxylation is 1. The van der Waals surface area contributed by atoms with E-state index in [2.05, 4.69) is 25.6 Å². The van der Waals surface area contributed by atoms with Crippen LogP contribution in [0.15, 0.2) is 72.1 Å². The van der Waals surface area contributed by atoms with E-state index in [9.17, 15) is 13.2 Å². The minimum atomic E-state index is -3.78. The molecular weight excluding hydrogens is 532 g/mol. The zero-order valence-corrected chi connectivity index (χ0v) is 22.6. The van der Waals surface area contributed by atoms with Crippen molar-refractivity contribution in [2.75, 3.05) is 41.8 Å². The molecule has 206 valence electrons. The molecule has 2 aliphatic rings. The van der Waals surface area contributed by atoms with E-state index in [1.165, 1.54) is 12.3 Å². The second-order valence-corrected chi connectivity index (χ2v) is 12.0. The van der Waals surface area contributed by atoms with Crippen molar-refractivity contribution < 1.29 is 17.9 Å². The van der Waals surface area contributed by atoms with Crippen molar-refractivity contribution in [2.45, 2.75) is 22.6 Å². The quantitative estimate of drug-likeness (QED) is 0.348.